The summed E-state index contributed by atoms with van der Waals surface area (Å²) in [6.07, 6.45) is -0.630. The van der Waals surface area contributed by atoms with Crippen molar-refractivity contribution >= 4 is 22.6 Å². The van der Waals surface area contributed by atoms with Gasteiger partial charge in [-0.05, 0) is 26.0 Å². The summed E-state index contributed by atoms with van der Waals surface area (Å²) in [7, 11) is 0. The van der Waals surface area contributed by atoms with E-state index in [9.17, 15) is 5.11 Å². The Kier molecular flexibility index (Phi) is 4.22. The largest absolute Gasteiger partial charge is 0.385 e. The number of aliphatic hydroxyl groups excluding tert-OH is 1. The molecule has 18 heavy (non-hydrogen) atoms. The van der Waals surface area contributed by atoms with Crippen molar-refractivity contribution in [2.75, 3.05) is 13.2 Å². The molecule has 1 N–H and O–H groups in total. The Morgan fingerprint density at radius 2 is 2.28 bits per heavy atom. The van der Waals surface area contributed by atoms with Gasteiger partial charge in [0.2, 0.25) is 0 Å². The maximum atomic E-state index is 9.79. The quantitative estimate of drug-likeness (QED) is 0.849. The van der Waals surface area contributed by atoms with Gasteiger partial charge in [0.05, 0.1) is 22.7 Å². The van der Waals surface area contributed by atoms with E-state index in [0.717, 1.165) is 11.0 Å². The van der Waals surface area contributed by atoms with E-state index in [1.54, 1.807) is 6.92 Å². The lowest BCUT2D eigenvalue weighted by atomic mass is 10.3. The van der Waals surface area contributed by atoms with Crippen LogP contribution in [0.1, 0.15) is 25.8 Å². The van der Waals surface area contributed by atoms with Crippen LogP contribution in [0.4, 0.5) is 0 Å². The van der Waals surface area contributed by atoms with E-state index in [2.05, 4.69) is 4.98 Å². The molecule has 0 fully saturated rings. The molecule has 0 aliphatic rings. The standard InChI is InChI=1S/C13H17ClN2O2/c1-3-18-8-7-16-12-10(14)5-4-6-11(12)15-13(16)9(2)17/h4-6,9,17H,3,7-8H2,1-2H3. The third-order valence-electron chi connectivity index (χ3n) is 2.78. The second-order valence-electron chi connectivity index (χ2n) is 4.10. The van der Waals surface area contributed by atoms with Gasteiger partial charge in [-0.2, -0.15) is 0 Å². The van der Waals surface area contributed by atoms with Gasteiger partial charge < -0.3 is 14.4 Å². The minimum Gasteiger partial charge on any atom is -0.385 e. The Morgan fingerprint density at radius 3 is 2.94 bits per heavy atom. The zero-order valence-electron chi connectivity index (χ0n) is 10.6. The number of hydrogen-bond donors (Lipinski definition) is 1. The first kappa shape index (κ1) is 13.3. The molecule has 1 aromatic carbocycles. The second-order valence-corrected chi connectivity index (χ2v) is 4.51. The number of aliphatic hydroxyl groups is 1. The zero-order valence-corrected chi connectivity index (χ0v) is 11.3. The lowest BCUT2D eigenvalue weighted by molar-refractivity contribution is 0.134. The highest BCUT2D eigenvalue weighted by molar-refractivity contribution is 6.35. The third kappa shape index (κ3) is 2.51. The Balaban J connectivity index is 2.47. The molecule has 1 unspecified atom stereocenters. The molecule has 0 radical (unpaired) electrons. The average Bonchev–Trinajstić information content (AvgIpc) is 2.70. The number of aromatic nitrogens is 2. The average molecular weight is 269 g/mol. The highest BCUT2D eigenvalue weighted by Gasteiger charge is 2.16. The minimum absolute atomic E-state index is 0.576. The number of benzene rings is 1. The maximum absolute atomic E-state index is 9.79. The summed E-state index contributed by atoms with van der Waals surface area (Å²) in [5.41, 5.74) is 1.66. The van der Waals surface area contributed by atoms with Crippen LogP contribution in [0.2, 0.25) is 5.02 Å². The fraction of sp³-hybridized carbons (Fsp3) is 0.462. The summed E-state index contributed by atoms with van der Waals surface area (Å²) in [6.45, 7) is 5.53. The number of ether oxygens (including phenoxy) is 1. The van der Waals surface area contributed by atoms with Gasteiger partial charge in [-0.25, -0.2) is 4.98 Å². The van der Waals surface area contributed by atoms with Gasteiger partial charge in [-0.1, -0.05) is 17.7 Å². The molecule has 0 aliphatic carbocycles. The Labute approximate surface area is 111 Å². The molecule has 2 rings (SSSR count). The van der Waals surface area contributed by atoms with Crippen molar-refractivity contribution < 1.29 is 9.84 Å². The Hall–Kier alpha value is -1.10. The number of fused-ring (bicyclic) bond motifs is 1. The highest BCUT2D eigenvalue weighted by Crippen LogP contribution is 2.26. The monoisotopic (exact) mass is 268 g/mol. The second kappa shape index (κ2) is 5.69. The number of hydrogen-bond acceptors (Lipinski definition) is 3. The number of para-hydroxylation sites is 1. The van der Waals surface area contributed by atoms with Crippen molar-refractivity contribution in [3.05, 3.63) is 29.0 Å². The van der Waals surface area contributed by atoms with E-state index in [4.69, 9.17) is 16.3 Å². The van der Waals surface area contributed by atoms with Crippen LogP contribution >= 0.6 is 11.6 Å². The molecular weight excluding hydrogens is 252 g/mol. The first-order chi connectivity index (χ1) is 8.65. The number of halogens is 1. The van der Waals surface area contributed by atoms with Gasteiger partial charge in [-0.15, -0.1) is 0 Å². The number of nitrogens with zero attached hydrogens (tertiary/aromatic N) is 2. The molecule has 4 nitrogen and oxygen atoms in total. The van der Waals surface area contributed by atoms with Crippen LogP contribution in [-0.2, 0) is 11.3 Å². The molecular formula is C13H17ClN2O2. The topological polar surface area (TPSA) is 47.3 Å². The van der Waals surface area contributed by atoms with Gasteiger partial charge in [0.1, 0.15) is 11.9 Å². The van der Waals surface area contributed by atoms with Crippen LogP contribution in [0, 0.1) is 0 Å². The van der Waals surface area contributed by atoms with E-state index in [-0.39, 0.29) is 0 Å². The third-order valence-corrected chi connectivity index (χ3v) is 3.09. The molecule has 0 bridgehead atoms. The summed E-state index contributed by atoms with van der Waals surface area (Å²) >= 11 is 6.21. The lowest BCUT2D eigenvalue weighted by Crippen LogP contribution is -2.11. The van der Waals surface area contributed by atoms with Gasteiger partial charge in [0, 0.05) is 13.2 Å². The van der Waals surface area contributed by atoms with Crippen molar-refractivity contribution in [3.63, 3.8) is 0 Å². The molecule has 0 aliphatic heterocycles. The molecule has 5 heteroatoms. The predicted octanol–water partition coefficient (Wildman–Crippen LogP) is 2.78. The smallest absolute Gasteiger partial charge is 0.138 e. The maximum Gasteiger partial charge on any atom is 0.138 e. The Morgan fingerprint density at radius 1 is 1.50 bits per heavy atom. The van der Waals surface area contributed by atoms with Crippen LogP contribution in [0.25, 0.3) is 11.0 Å². The minimum atomic E-state index is -0.630. The summed E-state index contributed by atoms with van der Waals surface area (Å²) in [4.78, 5) is 4.42. The van der Waals surface area contributed by atoms with Gasteiger partial charge in [0.15, 0.2) is 0 Å². The molecule has 0 saturated carbocycles. The van der Waals surface area contributed by atoms with Gasteiger partial charge in [0.25, 0.3) is 0 Å². The molecule has 1 aromatic heterocycles. The molecule has 1 atom stereocenters. The molecule has 98 valence electrons. The molecule has 0 amide bonds. The normalized spacial score (nSPS) is 13.1. The van der Waals surface area contributed by atoms with E-state index in [1.165, 1.54) is 0 Å². The summed E-state index contributed by atoms with van der Waals surface area (Å²) in [5, 5.41) is 10.4. The van der Waals surface area contributed by atoms with Crippen LogP contribution < -0.4 is 0 Å². The van der Waals surface area contributed by atoms with E-state index in [0.29, 0.717) is 30.6 Å². The van der Waals surface area contributed by atoms with Crippen LogP contribution in [-0.4, -0.2) is 27.9 Å². The molecule has 2 aromatic rings. The van der Waals surface area contributed by atoms with Gasteiger partial charge in [-0.3, -0.25) is 0 Å². The van der Waals surface area contributed by atoms with Gasteiger partial charge >= 0.3 is 0 Å². The highest BCUT2D eigenvalue weighted by atomic mass is 35.5. The van der Waals surface area contributed by atoms with Crippen molar-refractivity contribution in [3.8, 4) is 0 Å². The van der Waals surface area contributed by atoms with E-state index < -0.39 is 6.10 Å². The summed E-state index contributed by atoms with van der Waals surface area (Å²) in [6, 6.07) is 5.58. The van der Waals surface area contributed by atoms with E-state index in [1.807, 2.05) is 29.7 Å². The SMILES string of the molecule is CCOCCn1c(C(C)O)nc2cccc(Cl)c21. The Bertz CT molecular complexity index is 537. The van der Waals surface area contributed by atoms with Crippen molar-refractivity contribution in [2.24, 2.45) is 0 Å². The van der Waals surface area contributed by atoms with Crippen LogP contribution in [0.15, 0.2) is 18.2 Å². The van der Waals surface area contributed by atoms with Crippen molar-refractivity contribution in [2.45, 2.75) is 26.5 Å². The van der Waals surface area contributed by atoms with E-state index >= 15 is 0 Å². The molecule has 0 saturated heterocycles. The van der Waals surface area contributed by atoms with Crippen molar-refractivity contribution in [1.29, 1.82) is 0 Å². The lowest BCUT2D eigenvalue weighted by Gasteiger charge is -2.11. The number of imidazole rings is 1. The van der Waals surface area contributed by atoms with Crippen LogP contribution in [0.5, 0.6) is 0 Å². The first-order valence-electron chi connectivity index (χ1n) is 6.05. The molecule has 0 spiro atoms. The summed E-state index contributed by atoms with van der Waals surface area (Å²) in [5.74, 6) is 0.623. The predicted molar refractivity (Wildman–Crippen MR) is 71.9 cm³/mol. The van der Waals surface area contributed by atoms with Crippen molar-refractivity contribution in [1.82, 2.24) is 9.55 Å². The zero-order chi connectivity index (χ0) is 13.1. The fourth-order valence-electron chi connectivity index (χ4n) is 2.01. The molecule has 1 heterocycles. The summed E-state index contributed by atoms with van der Waals surface area (Å²) < 4.78 is 7.29. The number of rotatable bonds is 5. The van der Waals surface area contributed by atoms with Crippen LogP contribution in [0.3, 0.4) is 0 Å². The first-order valence-corrected chi connectivity index (χ1v) is 6.43. The fourth-order valence-corrected chi connectivity index (χ4v) is 2.28.